The molecule has 3 heterocycles. The predicted octanol–water partition coefficient (Wildman–Crippen LogP) is 0.192. The van der Waals surface area contributed by atoms with Crippen LogP contribution in [0.4, 0.5) is 4.79 Å². The van der Waals surface area contributed by atoms with Crippen molar-refractivity contribution in [3.05, 3.63) is 21.9 Å². The van der Waals surface area contributed by atoms with Crippen molar-refractivity contribution in [3.63, 3.8) is 0 Å². The van der Waals surface area contributed by atoms with Gasteiger partial charge in [-0.1, -0.05) is 0 Å². The van der Waals surface area contributed by atoms with E-state index in [1.807, 2.05) is 11.3 Å². The lowest BCUT2D eigenvalue weighted by Crippen LogP contribution is -3.14. The predicted molar refractivity (Wildman–Crippen MR) is 79.3 cm³/mol. The van der Waals surface area contributed by atoms with Crippen LogP contribution in [0.2, 0.25) is 0 Å². The van der Waals surface area contributed by atoms with Crippen molar-refractivity contribution in [2.24, 2.45) is 5.92 Å². The van der Waals surface area contributed by atoms with Gasteiger partial charge in [-0.05, 0) is 24.3 Å². The Bertz CT molecular complexity index is 581. The molecule has 2 aliphatic heterocycles. The maximum Gasteiger partial charge on any atom is 0.324 e. The van der Waals surface area contributed by atoms with E-state index in [4.69, 9.17) is 0 Å². The van der Waals surface area contributed by atoms with Gasteiger partial charge in [0.25, 0.3) is 5.91 Å². The first-order valence-corrected chi connectivity index (χ1v) is 8.61. The van der Waals surface area contributed by atoms with Gasteiger partial charge in [0.1, 0.15) is 6.04 Å². The van der Waals surface area contributed by atoms with E-state index in [0.29, 0.717) is 25.7 Å². The Balaban J connectivity index is 1.52. The Kier molecular flexibility index (Phi) is 3.23. The second kappa shape index (κ2) is 5.10. The summed E-state index contributed by atoms with van der Waals surface area (Å²) in [7, 11) is 0. The zero-order valence-corrected chi connectivity index (χ0v) is 12.7. The number of urea groups is 1. The number of quaternary nitrogens is 1. The summed E-state index contributed by atoms with van der Waals surface area (Å²) in [6.45, 7) is 2.56. The number of amides is 3. The molecule has 3 amide bonds. The molecule has 5 nitrogen and oxygen atoms in total. The van der Waals surface area contributed by atoms with Crippen LogP contribution in [0.3, 0.4) is 0 Å². The van der Waals surface area contributed by atoms with Crippen LogP contribution in [0.5, 0.6) is 0 Å². The fourth-order valence-corrected chi connectivity index (χ4v) is 4.62. The van der Waals surface area contributed by atoms with Crippen LogP contribution in [0.1, 0.15) is 29.3 Å². The smallest absolute Gasteiger partial charge is 0.324 e. The lowest BCUT2D eigenvalue weighted by atomic mass is 9.96. The molecule has 2 N–H and O–H groups in total. The van der Waals surface area contributed by atoms with Gasteiger partial charge in [0.2, 0.25) is 0 Å². The molecular formula is C15H20N3O2S+. The minimum absolute atomic E-state index is 0.0238. The second-order valence-electron chi connectivity index (χ2n) is 6.23. The summed E-state index contributed by atoms with van der Waals surface area (Å²) in [6.07, 6.45) is 3.62. The van der Waals surface area contributed by atoms with E-state index in [1.54, 1.807) is 0 Å². The second-order valence-corrected chi connectivity index (χ2v) is 7.23. The number of hydrogen-bond donors (Lipinski definition) is 2. The maximum atomic E-state index is 12.4. The topological polar surface area (TPSA) is 53.9 Å². The van der Waals surface area contributed by atoms with E-state index in [2.05, 4.69) is 16.8 Å². The van der Waals surface area contributed by atoms with E-state index in [0.717, 1.165) is 18.9 Å². The first-order valence-electron chi connectivity index (χ1n) is 7.73. The molecule has 1 aliphatic carbocycles. The molecule has 6 heteroatoms. The van der Waals surface area contributed by atoms with E-state index >= 15 is 0 Å². The van der Waals surface area contributed by atoms with Crippen LogP contribution in [0, 0.1) is 5.92 Å². The van der Waals surface area contributed by atoms with Gasteiger partial charge in [0.05, 0.1) is 6.54 Å². The van der Waals surface area contributed by atoms with Crippen LogP contribution < -0.4 is 10.2 Å². The number of rotatable bonds is 3. The van der Waals surface area contributed by atoms with Gasteiger partial charge < -0.3 is 10.2 Å². The molecule has 4 rings (SSSR count). The van der Waals surface area contributed by atoms with Crippen molar-refractivity contribution < 1.29 is 14.5 Å². The van der Waals surface area contributed by atoms with Crippen molar-refractivity contribution in [1.29, 1.82) is 0 Å². The van der Waals surface area contributed by atoms with Crippen molar-refractivity contribution in [2.75, 3.05) is 26.2 Å². The Morgan fingerprint density at radius 3 is 3.05 bits per heavy atom. The number of hydrogen-bond acceptors (Lipinski definition) is 3. The van der Waals surface area contributed by atoms with Crippen molar-refractivity contribution in [1.82, 2.24) is 10.2 Å². The van der Waals surface area contributed by atoms with Crippen molar-refractivity contribution >= 4 is 23.3 Å². The van der Waals surface area contributed by atoms with Crippen LogP contribution >= 0.6 is 11.3 Å². The summed E-state index contributed by atoms with van der Waals surface area (Å²) in [5.74, 6) is 0.707. The number of nitrogens with zero attached hydrogens (tertiary/aromatic N) is 1. The summed E-state index contributed by atoms with van der Waals surface area (Å²) in [5.41, 5.74) is 1.46. The van der Waals surface area contributed by atoms with E-state index in [-0.39, 0.29) is 11.9 Å². The quantitative estimate of drug-likeness (QED) is 0.838. The molecule has 1 saturated carbocycles. The van der Waals surface area contributed by atoms with E-state index in [9.17, 15) is 9.59 Å². The highest BCUT2D eigenvalue weighted by atomic mass is 32.1. The minimum Gasteiger partial charge on any atom is -0.336 e. The summed E-state index contributed by atoms with van der Waals surface area (Å²) in [5, 5.41) is 4.88. The molecule has 1 unspecified atom stereocenters. The summed E-state index contributed by atoms with van der Waals surface area (Å²) in [4.78, 5) is 28.3. The molecule has 0 radical (unpaired) electrons. The van der Waals surface area contributed by atoms with Gasteiger partial charge in [-0.15, -0.1) is 11.3 Å². The first kappa shape index (κ1) is 13.3. The molecule has 2 atom stereocenters. The third kappa shape index (κ3) is 2.36. The Morgan fingerprint density at radius 1 is 1.48 bits per heavy atom. The fourth-order valence-electron chi connectivity index (χ4n) is 3.69. The SMILES string of the molecule is O=C(C[NH+]1CCc2sccc2[C@@H]1C1CC1)N1CCNC1=O. The molecule has 1 aromatic heterocycles. The monoisotopic (exact) mass is 306 g/mol. The number of carbonyl (C=O) groups is 2. The average Bonchev–Trinajstić information content (AvgIpc) is 3.02. The summed E-state index contributed by atoms with van der Waals surface area (Å²) >= 11 is 1.85. The molecule has 3 aliphatic rings. The van der Waals surface area contributed by atoms with Gasteiger partial charge in [0, 0.05) is 35.9 Å². The highest BCUT2D eigenvalue weighted by molar-refractivity contribution is 7.10. The third-order valence-corrected chi connectivity index (χ3v) is 5.85. The highest BCUT2D eigenvalue weighted by Crippen LogP contribution is 2.42. The largest absolute Gasteiger partial charge is 0.336 e. The van der Waals surface area contributed by atoms with Gasteiger partial charge in [-0.2, -0.15) is 0 Å². The first-order chi connectivity index (χ1) is 10.2. The van der Waals surface area contributed by atoms with E-state index < -0.39 is 0 Å². The molecule has 0 spiro atoms. The Morgan fingerprint density at radius 2 is 2.33 bits per heavy atom. The lowest BCUT2D eigenvalue weighted by Gasteiger charge is -2.33. The zero-order valence-electron chi connectivity index (χ0n) is 11.9. The minimum atomic E-state index is -0.226. The van der Waals surface area contributed by atoms with E-state index in [1.165, 1.54) is 33.1 Å². The molecular weight excluding hydrogens is 286 g/mol. The van der Waals surface area contributed by atoms with Crippen molar-refractivity contribution in [3.8, 4) is 0 Å². The number of thiophene rings is 1. The molecule has 2 fully saturated rings. The molecule has 1 aromatic rings. The standard InChI is InChI=1S/C15H19N3O2S/c19-13(18-7-5-16-15(18)20)9-17-6-3-12-11(4-8-21-12)14(17)10-1-2-10/h4,8,10,14H,1-3,5-7,9H2,(H,16,20)/p+1/t14-/m0/s1. The van der Waals surface area contributed by atoms with Crippen molar-refractivity contribution in [2.45, 2.75) is 25.3 Å². The van der Waals surface area contributed by atoms with Crippen LogP contribution in [-0.2, 0) is 11.2 Å². The van der Waals surface area contributed by atoms with Crippen LogP contribution in [0.15, 0.2) is 11.4 Å². The van der Waals surface area contributed by atoms with Gasteiger partial charge in [0.15, 0.2) is 6.54 Å². The van der Waals surface area contributed by atoms with Gasteiger partial charge in [-0.25, -0.2) is 4.79 Å². The highest BCUT2D eigenvalue weighted by Gasteiger charge is 2.44. The maximum absolute atomic E-state index is 12.4. The third-order valence-electron chi connectivity index (χ3n) is 4.86. The van der Waals surface area contributed by atoms with Crippen LogP contribution in [0.25, 0.3) is 0 Å². The van der Waals surface area contributed by atoms with Gasteiger partial charge >= 0.3 is 6.03 Å². The fraction of sp³-hybridized carbons (Fsp3) is 0.600. The zero-order chi connectivity index (χ0) is 14.4. The number of imide groups is 1. The Hall–Kier alpha value is -1.40. The molecule has 0 aromatic carbocycles. The molecule has 0 bridgehead atoms. The molecule has 112 valence electrons. The summed E-state index contributed by atoms with van der Waals surface area (Å²) in [6, 6.07) is 2.49. The normalized spacial score (nSPS) is 28.4. The summed E-state index contributed by atoms with van der Waals surface area (Å²) < 4.78 is 0. The Labute approximate surface area is 127 Å². The number of nitrogens with one attached hydrogen (secondary N) is 2. The number of carbonyl (C=O) groups excluding carboxylic acids is 2. The average molecular weight is 306 g/mol. The molecule has 1 saturated heterocycles. The lowest BCUT2D eigenvalue weighted by molar-refractivity contribution is -0.928. The van der Waals surface area contributed by atoms with Gasteiger partial charge in [-0.3, -0.25) is 9.69 Å². The molecule has 21 heavy (non-hydrogen) atoms. The number of fused-ring (bicyclic) bond motifs is 1. The van der Waals surface area contributed by atoms with Crippen LogP contribution in [-0.4, -0.2) is 43.0 Å².